The third-order valence-corrected chi connectivity index (χ3v) is 2.73. The van der Waals surface area contributed by atoms with Crippen molar-refractivity contribution in [2.45, 2.75) is 0 Å². The van der Waals surface area contributed by atoms with Crippen molar-refractivity contribution in [3.05, 3.63) is 54.6 Å². The third-order valence-electron chi connectivity index (χ3n) is 2.73. The molecule has 2 aromatic rings. The van der Waals surface area contributed by atoms with Crippen LogP contribution in [0.25, 0.3) is 0 Å². The highest BCUT2D eigenvalue weighted by Crippen LogP contribution is 2.18. The Balaban J connectivity index is 0.00000242. The van der Waals surface area contributed by atoms with Gasteiger partial charge >= 0.3 is 0 Å². The number of hydrogen-bond donors (Lipinski definition) is 2. The van der Waals surface area contributed by atoms with Crippen molar-refractivity contribution in [2.75, 3.05) is 25.6 Å². The van der Waals surface area contributed by atoms with E-state index in [9.17, 15) is 0 Å². The molecule has 0 aromatic heterocycles. The largest absolute Gasteiger partial charge is 0.497 e. The Morgan fingerprint density at radius 2 is 1.82 bits per heavy atom. The van der Waals surface area contributed by atoms with E-state index in [-0.39, 0.29) is 24.0 Å². The number of aliphatic imine (C=N–C) groups is 1. The van der Waals surface area contributed by atoms with Crippen LogP contribution in [0, 0.1) is 0 Å². The van der Waals surface area contributed by atoms with Crippen LogP contribution in [-0.4, -0.2) is 26.2 Å². The number of hydrogen-bond acceptors (Lipinski definition) is 3. The Hall–Kier alpha value is -1.96. The molecule has 2 aromatic carbocycles. The summed E-state index contributed by atoms with van der Waals surface area (Å²) in [5.41, 5.74) is 6.70. The van der Waals surface area contributed by atoms with E-state index >= 15 is 0 Å². The van der Waals surface area contributed by atoms with E-state index in [0.717, 1.165) is 17.2 Å². The zero-order valence-corrected chi connectivity index (χ0v) is 14.7. The Bertz CT molecular complexity index is 591. The molecule has 118 valence electrons. The van der Waals surface area contributed by atoms with Gasteiger partial charge < -0.3 is 20.5 Å². The van der Waals surface area contributed by atoms with Gasteiger partial charge in [-0.2, -0.15) is 0 Å². The van der Waals surface area contributed by atoms with Crippen molar-refractivity contribution in [3.8, 4) is 11.5 Å². The lowest BCUT2D eigenvalue weighted by Crippen LogP contribution is -2.23. The number of anilines is 1. The van der Waals surface area contributed by atoms with Gasteiger partial charge in [0, 0.05) is 11.8 Å². The Morgan fingerprint density at radius 3 is 2.55 bits per heavy atom. The first-order valence-electron chi connectivity index (χ1n) is 6.67. The molecule has 0 amide bonds. The van der Waals surface area contributed by atoms with Crippen LogP contribution in [0.3, 0.4) is 0 Å². The molecule has 3 N–H and O–H groups in total. The molecule has 0 unspecified atom stereocenters. The second-order valence-electron chi connectivity index (χ2n) is 4.29. The molecule has 0 aliphatic heterocycles. The number of nitrogens with two attached hydrogens (primary N) is 1. The maximum Gasteiger partial charge on any atom is 0.193 e. The number of halogens is 1. The highest BCUT2D eigenvalue weighted by atomic mass is 127. The third kappa shape index (κ3) is 6.21. The van der Waals surface area contributed by atoms with Crippen LogP contribution in [0.2, 0.25) is 0 Å². The summed E-state index contributed by atoms with van der Waals surface area (Å²) < 4.78 is 10.7. The quantitative estimate of drug-likeness (QED) is 0.331. The van der Waals surface area contributed by atoms with Crippen molar-refractivity contribution in [1.82, 2.24) is 0 Å². The van der Waals surface area contributed by atoms with Gasteiger partial charge in [-0.25, -0.2) is 4.99 Å². The fourth-order valence-electron chi connectivity index (χ4n) is 1.73. The number of guanidine groups is 1. The molecule has 0 atom stereocenters. The Morgan fingerprint density at radius 1 is 1.09 bits per heavy atom. The van der Waals surface area contributed by atoms with E-state index in [2.05, 4.69) is 10.3 Å². The van der Waals surface area contributed by atoms with Gasteiger partial charge in [0.1, 0.15) is 18.1 Å². The number of ether oxygens (including phenoxy) is 2. The molecule has 0 saturated heterocycles. The summed E-state index contributed by atoms with van der Waals surface area (Å²) in [5, 5.41) is 3.01. The van der Waals surface area contributed by atoms with Gasteiger partial charge in [-0.15, -0.1) is 24.0 Å². The van der Waals surface area contributed by atoms with E-state index in [1.54, 1.807) is 7.11 Å². The molecule has 0 heterocycles. The summed E-state index contributed by atoms with van der Waals surface area (Å²) >= 11 is 0. The Labute approximate surface area is 147 Å². The molecular weight excluding hydrogens is 393 g/mol. The predicted octanol–water partition coefficient (Wildman–Crippen LogP) is 3.12. The molecule has 0 bridgehead atoms. The van der Waals surface area contributed by atoms with Crippen LogP contribution in [0.4, 0.5) is 5.69 Å². The summed E-state index contributed by atoms with van der Waals surface area (Å²) in [6.07, 6.45) is 0. The van der Waals surface area contributed by atoms with Gasteiger partial charge in [0.25, 0.3) is 0 Å². The standard InChI is InChI=1S/C16H19N3O2.HI/c1-20-14-8-5-9-15(12-14)21-11-10-18-16(17)19-13-6-3-2-4-7-13;/h2-9,12H,10-11H2,1H3,(H3,17,18,19);1H. The molecule has 0 aliphatic rings. The number of nitrogens with one attached hydrogen (secondary N) is 1. The Kier molecular flexibility index (Phi) is 8.13. The molecule has 0 aliphatic carbocycles. The number of para-hydroxylation sites is 1. The molecule has 0 radical (unpaired) electrons. The lowest BCUT2D eigenvalue weighted by atomic mass is 10.3. The first-order chi connectivity index (χ1) is 10.3. The van der Waals surface area contributed by atoms with Gasteiger partial charge in [0.2, 0.25) is 0 Å². The average Bonchev–Trinajstić information content (AvgIpc) is 2.53. The molecule has 0 fully saturated rings. The predicted molar refractivity (Wildman–Crippen MR) is 100 cm³/mol. The number of nitrogens with zero attached hydrogens (tertiary/aromatic N) is 1. The minimum Gasteiger partial charge on any atom is -0.497 e. The highest BCUT2D eigenvalue weighted by molar-refractivity contribution is 14.0. The fraction of sp³-hybridized carbons (Fsp3) is 0.188. The number of benzene rings is 2. The van der Waals surface area contributed by atoms with E-state index in [1.807, 2.05) is 54.6 Å². The van der Waals surface area contributed by atoms with Gasteiger partial charge in [0.05, 0.1) is 13.7 Å². The summed E-state index contributed by atoms with van der Waals surface area (Å²) in [6.45, 7) is 0.924. The minimum atomic E-state index is 0. The van der Waals surface area contributed by atoms with Crippen molar-refractivity contribution in [1.29, 1.82) is 0 Å². The summed E-state index contributed by atoms with van der Waals surface area (Å²) in [5.74, 6) is 1.89. The highest BCUT2D eigenvalue weighted by Gasteiger charge is 1.97. The van der Waals surface area contributed by atoms with Crippen molar-refractivity contribution < 1.29 is 9.47 Å². The average molecular weight is 413 g/mol. The molecular formula is C16H20IN3O2. The maximum atomic E-state index is 5.79. The van der Waals surface area contributed by atoms with Gasteiger partial charge in [-0.1, -0.05) is 24.3 Å². The first kappa shape index (κ1) is 18.1. The van der Waals surface area contributed by atoms with Crippen molar-refractivity contribution in [3.63, 3.8) is 0 Å². The van der Waals surface area contributed by atoms with Crippen LogP contribution >= 0.6 is 24.0 Å². The van der Waals surface area contributed by atoms with E-state index < -0.39 is 0 Å². The van der Waals surface area contributed by atoms with E-state index in [1.165, 1.54) is 0 Å². The molecule has 5 nitrogen and oxygen atoms in total. The van der Waals surface area contributed by atoms with Crippen LogP contribution in [0.15, 0.2) is 59.6 Å². The SMILES string of the molecule is COc1cccc(OCCN=C(N)Nc2ccccc2)c1.I. The van der Waals surface area contributed by atoms with E-state index in [4.69, 9.17) is 15.2 Å². The summed E-state index contributed by atoms with van der Waals surface area (Å²) in [7, 11) is 1.62. The molecule has 0 spiro atoms. The number of methoxy groups -OCH3 is 1. The second-order valence-corrected chi connectivity index (χ2v) is 4.29. The molecule has 0 saturated carbocycles. The topological polar surface area (TPSA) is 68.9 Å². The van der Waals surface area contributed by atoms with Crippen molar-refractivity contribution >= 4 is 35.6 Å². The van der Waals surface area contributed by atoms with Crippen LogP contribution < -0.4 is 20.5 Å². The summed E-state index contributed by atoms with van der Waals surface area (Å²) in [4.78, 5) is 4.20. The monoisotopic (exact) mass is 413 g/mol. The van der Waals surface area contributed by atoms with Gasteiger partial charge in [0.15, 0.2) is 5.96 Å². The van der Waals surface area contributed by atoms with Gasteiger partial charge in [-0.3, -0.25) is 0 Å². The summed E-state index contributed by atoms with van der Waals surface area (Å²) in [6, 6.07) is 17.1. The maximum absolute atomic E-state index is 5.79. The van der Waals surface area contributed by atoms with Gasteiger partial charge in [-0.05, 0) is 24.3 Å². The zero-order chi connectivity index (χ0) is 14.9. The normalized spacial score (nSPS) is 10.5. The number of rotatable bonds is 6. The van der Waals surface area contributed by atoms with Crippen molar-refractivity contribution in [2.24, 2.45) is 10.7 Å². The van der Waals surface area contributed by atoms with Crippen LogP contribution in [0.5, 0.6) is 11.5 Å². The zero-order valence-electron chi connectivity index (χ0n) is 12.4. The lowest BCUT2D eigenvalue weighted by molar-refractivity contribution is 0.325. The molecule has 2 rings (SSSR count). The second kappa shape index (κ2) is 9.88. The fourth-order valence-corrected chi connectivity index (χ4v) is 1.73. The van der Waals surface area contributed by atoms with Crippen LogP contribution in [-0.2, 0) is 0 Å². The molecule has 6 heteroatoms. The lowest BCUT2D eigenvalue weighted by Gasteiger charge is -2.07. The smallest absolute Gasteiger partial charge is 0.193 e. The van der Waals surface area contributed by atoms with E-state index in [0.29, 0.717) is 19.1 Å². The van der Waals surface area contributed by atoms with Crippen LogP contribution in [0.1, 0.15) is 0 Å². The molecule has 22 heavy (non-hydrogen) atoms. The minimum absolute atomic E-state index is 0. The first-order valence-corrected chi connectivity index (χ1v) is 6.67.